The zero-order valence-corrected chi connectivity index (χ0v) is 16.9. The van der Waals surface area contributed by atoms with Gasteiger partial charge in [-0.3, -0.25) is 15.2 Å². The summed E-state index contributed by atoms with van der Waals surface area (Å²) < 4.78 is 28.4. The maximum absolute atomic E-state index is 14.5. The number of hydrogen-bond acceptors (Lipinski definition) is 3. The minimum absolute atomic E-state index is 0.194. The number of nitrogens with zero attached hydrogens (tertiary/aromatic N) is 3. The first-order valence-electron chi connectivity index (χ1n) is 10.4. The number of piperidine rings is 1. The Balaban J connectivity index is 1.77. The zero-order valence-electron chi connectivity index (χ0n) is 16.9. The number of anilines is 1. The third kappa shape index (κ3) is 3.50. The second-order valence-corrected chi connectivity index (χ2v) is 8.40. The molecule has 0 unspecified atom stereocenters. The first-order valence-corrected chi connectivity index (χ1v) is 10.4. The summed E-state index contributed by atoms with van der Waals surface area (Å²) in [6, 6.07) is 4.35. The number of halogens is 2. The molecule has 2 N–H and O–H groups in total. The summed E-state index contributed by atoms with van der Waals surface area (Å²) >= 11 is 0. The van der Waals surface area contributed by atoms with Gasteiger partial charge in [0.2, 0.25) is 0 Å². The van der Waals surface area contributed by atoms with E-state index in [4.69, 9.17) is 0 Å². The number of carboxylic acid groups (broad SMARTS) is 1. The summed E-state index contributed by atoms with van der Waals surface area (Å²) in [5.74, 6) is -0.115. The number of likely N-dealkylation sites (tertiary alicyclic amines) is 1. The molecule has 30 heavy (non-hydrogen) atoms. The van der Waals surface area contributed by atoms with Gasteiger partial charge in [0.05, 0.1) is 6.04 Å². The highest BCUT2D eigenvalue weighted by atomic mass is 19.1. The predicted octanol–water partition coefficient (Wildman–Crippen LogP) is 3.94. The number of carbonyl (C=O) groups is 2. The molecule has 2 saturated heterocycles. The van der Waals surface area contributed by atoms with E-state index >= 15 is 0 Å². The first-order chi connectivity index (χ1) is 14.3. The molecular weight excluding hydrogens is 394 g/mol. The minimum Gasteiger partial charge on any atom is -0.465 e. The van der Waals surface area contributed by atoms with Gasteiger partial charge in [-0.2, -0.15) is 0 Å². The number of alkyl halides is 1. The molecule has 3 aliphatic rings. The first kappa shape index (κ1) is 20.6. The Morgan fingerprint density at radius 2 is 2.10 bits per heavy atom. The van der Waals surface area contributed by atoms with E-state index in [-0.39, 0.29) is 13.0 Å². The summed E-state index contributed by atoms with van der Waals surface area (Å²) in [6.45, 7) is 1.97. The van der Waals surface area contributed by atoms with Crippen molar-refractivity contribution >= 4 is 23.6 Å². The van der Waals surface area contributed by atoms with Crippen LogP contribution in [0.3, 0.4) is 0 Å². The van der Waals surface area contributed by atoms with E-state index < -0.39 is 41.7 Å². The van der Waals surface area contributed by atoms with Gasteiger partial charge in [0.25, 0.3) is 0 Å². The van der Waals surface area contributed by atoms with E-state index in [2.05, 4.69) is 10.3 Å². The number of hydrogen-bond donors (Lipinski definition) is 2. The molecule has 1 spiro atoms. The second-order valence-electron chi connectivity index (χ2n) is 8.40. The quantitative estimate of drug-likeness (QED) is 0.760. The molecule has 0 bridgehead atoms. The van der Waals surface area contributed by atoms with Gasteiger partial charge in [-0.15, -0.1) is 0 Å². The van der Waals surface area contributed by atoms with Crippen LogP contribution in [0.2, 0.25) is 0 Å². The Morgan fingerprint density at radius 3 is 2.77 bits per heavy atom. The highest BCUT2D eigenvalue weighted by molar-refractivity contribution is 6.19. The summed E-state index contributed by atoms with van der Waals surface area (Å²) in [6.07, 6.45) is 1.23. The molecule has 1 aromatic carbocycles. The number of amidine groups is 1. The molecule has 2 aliphatic heterocycles. The van der Waals surface area contributed by atoms with Crippen molar-refractivity contribution in [1.29, 1.82) is 0 Å². The van der Waals surface area contributed by atoms with Crippen LogP contribution in [-0.4, -0.2) is 58.3 Å². The summed E-state index contributed by atoms with van der Waals surface area (Å²) in [4.78, 5) is 32.0. The van der Waals surface area contributed by atoms with Crippen molar-refractivity contribution in [2.75, 3.05) is 11.4 Å². The Bertz CT molecular complexity index is 880. The van der Waals surface area contributed by atoms with Crippen molar-refractivity contribution in [3.63, 3.8) is 0 Å². The number of aliphatic imine (C=N–C) groups is 1. The standard InChI is InChI=1S/C21H26F2N4O3/c1-13-12-21(9-10-26(13)20(29)30)18(24-17-8-3-2-7-16(17)23)25-19(28)27(21)15-6-4-5-14(22)11-15/h4-6,11,13,16-17H,2-3,7-10,12H2,1H3,(H,29,30)(H,24,25,28)/t13-,16-,17-,21+/m0/s1. The lowest BCUT2D eigenvalue weighted by Crippen LogP contribution is -2.60. The lowest BCUT2D eigenvalue weighted by atomic mass is 9.81. The average molecular weight is 420 g/mol. The number of amides is 3. The molecule has 1 aromatic rings. The highest BCUT2D eigenvalue weighted by Gasteiger charge is 2.55. The van der Waals surface area contributed by atoms with Crippen LogP contribution in [0.25, 0.3) is 0 Å². The molecule has 1 aliphatic carbocycles. The summed E-state index contributed by atoms with van der Waals surface area (Å²) in [5, 5.41) is 12.3. The van der Waals surface area contributed by atoms with Crippen LogP contribution in [0.1, 0.15) is 45.4 Å². The predicted molar refractivity (Wildman–Crippen MR) is 108 cm³/mol. The van der Waals surface area contributed by atoms with Crippen LogP contribution in [-0.2, 0) is 0 Å². The van der Waals surface area contributed by atoms with Crippen molar-refractivity contribution in [3.8, 4) is 0 Å². The van der Waals surface area contributed by atoms with Gasteiger partial charge >= 0.3 is 12.1 Å². The fourth-order valence-electron chi connectivity index (χ4n) is 5.01. The minimum atomic E-state index is -1.07. The van der Waals surface area contributed by atoms with Crippen molar-refractivity contribution in [1.82, 2.24) is 10.2 Å². The molecule has 162 valence electrons. The van der Waals surface area contributed by atoms with Crippen LogP contribution in [0, 0.1) is 5.82 Å². The van der Waals surface area contributed by atoms with Gasteiger partial charge < -0.3 is 10.0 Å². The average Bonchev–Trinajstić information content (AvgIpc) is 2.94. The van der Waals surface area contributed by atoms with Gasteiger partial charge in [0, 0.05) is 18.3 Å². The Hall–Kier alpha value is -2.71. The van der Waals surface area contributed by atoms with Gasteiger partial charge in [-0.05, 0) is 50.8 Å². The topological polar surface area (TPSA) is 85.2 Å². The molecule has 0 radical (unpaired) electrons. The van der Waals surface area contributed by atoms with Gasteiger partial charge in [0.1, 0.15) is 23.4 Å². The molecule has 2 heterocycles. The van der Waals surface area contributed by atoms with E-state index in [1.54, 1.807) is 13.0 Å². The van der Waals surface area contributed by atoms with E-state index in [0.717, 1.165) is 12.8 Å². The van der Waals surface area contributed by atoms with Crippen LogP contribution in [0.5, 0.6) is 0 Å². The lowest BCUT2D eigenvalue weighted by molar-refractivity contribution is 0.100. The maximum atomic E-state index is 14.5. The van der Waals surface area contributed by atoms with Crippen molar-refractivity contribution in [2.24, 2.45) is 4.99 Å². The fraction of sp³-hybridized carbons (Fsp3) is 0.571. The molecule has 1 saturated carbocycles. The maximum Gasteiger partial charge on any atom is 0.407 e. The summed E-state index contributed by atoms with van der Waals surface area (Å²) in [7, 11) is 0. The monoisotopic (exact) mass is 420 g/mol. The molecule has 0 aromatic heterocycles. The van der Waals surface area contributed by atoms with Crippen LogP contribution in [0.4, 0.5) is 24.1 Å². The van der Waals surface area contributed by atoms with Gasteiger partial charge in [-0.25, -0.2) is 18.4 Å². The second kappa shape index (κ2) is 7.85. The zero-order chi connectivity index (χ0) is 21.5. The van der Waals surface area contributed by atoms with Crippen LogP contribution in [0.15, 0.2) is 29.3 Å². The Morgan fingerprint density at radius 1 is 1.33 bits per heavy atom. The highest BCUT2D eigenvalue weighted by Crippen LogP contribution is 2.40. The number of rotatable bonds is 2. The van der Waals surface area contributed by atoms with E-state index in [9.17, 15) is 23.5 Å². The largest absolute Gasteiger partial charge is 0.465 e. The van der Waals surface area contributed by atoms with Gasteiger partial charge in [-0.1, -0.05) is 18.9 Å². The Kier molecular flexibility index (Phi) is 5.38. The lowest BCUT2D eigenvalue weighted by Gasteiger charge is -2.46. The number of nitrogens with one attached hydrogen (secondary N) is 1. The third-order valence-corrected chi connectivity index (χ3v) is 6.48. The number of carbonyl (C=O) groups excluding carboxylic acids is 1. The Labute approximate surface area is 173 Å². The molecule has 4 atom stereocenters. The van der Waals surface area contributed by atoms with E-state index in [0.29, 0.717) is 30.8 Å². The molecule has 7 nitrogen and oxygen atoms in total. The number of benzene rings is 1. The van der Waals surface area contributed by atoms with Crippen LogP contribution < -0.4 is 10.2 Å². The molecule has 3 amide bonds. The normalized spacial score (nSPS) is 33.2. The van der Waals surface area contributed by atoms with E-state index in [1.165, 1.54) is 28.0 Å². The molecule has 3 fully saturated rings. The smallest absolute Gasteiger partial charge is 0.407 e. The van der Waals surface area contributed by atoms with Crippen LogP contribution >= 0.6 is 0 Å². The molecular formula is C21H26F2N4O3. The molecule has 9 heteroatoms. The van der Waals surface area contributed by atoms with Crippen molar-refractivity contribution < 1.29 is 23.5 Å². The van der Waals surface area contributed by atoms with Crippen molar-refractivity contribution in [2.45, 2.75) is 69.2 Å². The number of urea groups is 1. The summed E-state index contributed by atoms with van der Waals surface area (Å²) in [5.41, 5.74) is -0.595. The fourth-order valence-corrected chi connectivity index (χ4v) is 5.01. The molecule has 4 rings (SSSR count). The SMILES string of the molecule is C[C@H]1C[C@]2(CCN1C(=O)O)C(=N[C@H]1CCCC[C@@H]1F)NC(=O)N2c1cccc(F)c1. The van der Waals surface area contributed by atoms with Crippen molar-refractivity contribution in [3.05, 3.63) is 30.1 Å². The third-order valence-electron chi connectivity index (χ3n) is 6.48. The van der Waals surface area contributed by atoms with E-state index in [1.807, 2.05) is 0 Å². The van der Waals surface area contributed by atoms with Gasteiger partial charge in [0.15, 0.2) is 0 Å².